The van der Waals surface area contributed by atoms with Crippen molar-refractivity contribution in [1.29, 1.82) is 0 Å². The second-order valence-electron chi connectivity index (χ2n) is 5.46. The predicted octanol–water partition coefficient (Wildman–Crippen LogP) is 4.00. The number of hydrogen-bond acceptors (Lipinski definition) is 6. The molecule has 140 valence electrons. The van der Waals surface area contributed by atoms with Gasteiger partial charge in [0.15, 0.2) is 17.2 Å². The summed E-state index contributed by atoms with van der Waals surface area (Å²) in [6, 6.07) is 13.1. The fourth-order valence-electron chi connectivity index (χ4n) is 2.54. The third-order valence-corrected chi connectivity index (χ3v) is 4.57. The molecule has 0 saturated heterocycles. The fourth-order valence-corrected chi connectivity index (χ4v) is 2.94. The molecule has 3 aromatic rings. The number of esters is 1. The highest BCUT2D eigenvalue weighted by molar-refractivity contribution is 9.10. The Labute approximate surface area is 164 Å². The number of rotatable bonds is 7. The zero-order chi connectivity index (χ0) is 19.2. The number of nitrogens with one attached hydrogen (secondary N) is 1. The maximum Gasteiger partial charge on any atom is 0.361 e. The number of methoxy groups -OCH3 is 1. The molecule has 8 heteroatoms. The first-order valence-corrected chi connectivity index (χ1v) is 9.06. The number of carbonyl (C=O) groups is 1. The highest BCUT2D eigenvalue weighted by Gasteiger charge is 2.23. The van der Waals surface area contributed by atoms with Crippen LogP contribution in [0.15, 0.2) is 46.9 Å². The first-order valence-electron chi connectivity index (χ1n) is 8.27. The van der Waals surface area contributed by atoms with Crippen LogP contribution < -0.4 is 9.47 Å². The summed E-state index contributed by atoms with van der Waals surface area (Å²) in [5, 5.41) is 10.5. The minimum Gasteiger partial charge on any atom is -0.493 e. The smallest absolute Gasteiger partial charge is 0.361 e. The standard InChI is InChI=1S/C19H18BrN3O4/c1-3-26-19(24)17-16(21-23-22-17)13-8-6-10-15(25-2)18(13)27-11-12-7-4-5-9-14(12)20/h4-10H,3,11H2,1-2H3,(H,21,22,23). The van der Waals surface area contributed by atoms with Crippen molar-refractivity contribution < 1.29 is 19.0 Å². The molecule has 1 aromatic heterocycles. The molecule has 0 radical (unpaired) electrons. The van der Waals surface area contributed by atoms with Crippen molar-refractivity contribution in [2.24, 2.45) is 0 Å². The van der Waals surface area contributed by atoms with Gasteiger partial charge >= 0.3 is 5.97 Å². The molecular formula is C19H18BrN3O4. The van der Waals surface area contributed by atoms with Crippen LogP contribution in [0.5, 0.6) is 11.5 Å². The summed E-state index contributed by atoms with van der Waals surface area (Å²) >= 11 is 3.51. The van der Waals surface area contributed by atoms with E-state index in [1.807, 2.05) is 24.3 Å². The molecule has 1 heterocycles. The highest BCUT2D eigenvalue weighted by Crippen LogP contribution is 2.39. The van der Waals surface area contributed by atoms with Crippen molar-refractivity contribution in [3.8, 4) is 22.8 Å². The van der Waals surface area contributed by atoms with E-state index in [4.69, 9.17) is 14.2 Å². The van der Waals surface area contributed by atoms with E-state index in [-0.39, 0.29) is 12.3 Å². The zero-order valence-corrected chi connectivity index (χ0v) is 16.4. The molecule has 0 spiro atoms. The number of aromatic nitrogens is 3. The van der Waals surface area contributed by atoms with Crippen LogP contribution in [0, 0.1) is 0 Å². The normalized spacial score (nSPS) is 10.5. The van der Waals surface area contributed by atoms with Crippen LogP contribution in [0.25, 0.3) is 11.3 Å². The Bertz CT molecular complexity index is 942. The molecule has 0 amide bonds. The van der Waals surface area contributed by atoms with Crippen LogP contribution in [0.3, 0.4) is 0 Å². The van der Waals surface area contributed by atoms with Crippen molar-refractivity contribution in [2.45, 2.75) is 13.5 Å². The molecule has 1 N–H and O–H groups in total. The first-order chi connectivity index (χ1) is 13.2. The number of halogens is 1. The molecule has 0 bridgehead atoms. The molecule has 7 nitrogen and oxygen atoms in total. The number of nitrogens with zero attached hydrogens (tertiary/aromatic N) is 2. The number of hydrogen-bond donors (Lipinski definition) is 1. The maximum absolute atomic E-state index is 12.2. The van der Waals surface area contributed by atoms with Gasteiger partial charge in [-0.05, 0) is 25.1 Å². The fraction of sp³-hybridized carbons (Fsp3) is 0.211. The lowest BCUT2D eigenvalue weighted by Crippen LogP contribution is -2.07. The van der Waals surface area contributed by atoms with Crippen molar-refractivity contribution in [1.82, 2.24) is 15.4 Å². The molecule has 0 aliphatic rings. The van der Waals surface area contributed by atoms with Crippen LogP contribution in [0.1, 0.15) is 23.0 Å². The van der Waals surface area contributed by atoms with Crippen LogP contribution in [0.2, 0.25) is 0 Å². The summed E-state index contributed by atoms with van der Waals surface area (Å²) in [6.07, 6.45) is 0. The minimum absolute atomic E-state index is 0.0934. The van der Waals surface area contributed by atoms with Crippen molar-refractivity contribution in [3.05, 3.63) is 58.2 Å². The van der Waals surface area contributed by atoms with E-state index < -0.39 is 5.97 Å². The van der Waals surface area contributed by atoms with Gasteiger partial charge in [0.1, 0.15) is 12.3 Å². The molecule has 0 unspecified atom stereocenters. The van der Waals surface area contributed by atoms with E-state index in [1.54, 1.807) is 32.2 Å². The maximum atomic E-state index is 12.2. The van der Waals surface area contributed by atoms with Gasteiger partial charge in [0.25, 0.3) is 0 Å². The SMILES string of the molecule is CCOC(=O)c1n[nH]nc1-c1cccc(OC)c1OCc1ccccc1Br. The van der Waals surface area contributed by atoms with Gasteiger partial charge in [0, 0.05) is 10.0 Å². The predicted molar refractivity (Wildman–Crippen MR) is 103 cm³/mol. The Balaban J connectivity index is 1.99. The Kier molecular flexibility index (Phi) is 6.08. The second kappa shape index (κ2) is 8.68. The molecule has 2 aromatic carbocycles. The molecule has 27 heavy (non-hydrogen) atoms. The van der Waals surface area contributed by atoms with Gasteiger partial charge in [0.2, 0.25) is 0 Å². The summed E-state index contributed by atoms with van der Waals surface area (Å²) < 4.78 is 17.5. The van der Waals surface area contributed by atoms with Gasteiger partial charge in [-0.1, -0.05) is 40.2 Å². The average Bonchev–Trinajstić information content (AvgIpc) is 3.17. The minimum atomic E-state index is -0.555. The molecule has 0 saturated carbocycles. The Morgan fingerprint density at radius 3 is 2.70 bits per heavy atom. The van der Waals surface area contributed by atoms with Gasteiger partial charge in [0.05, 0.1) is 19.3 Å². The lowest BCUT2D eigenvalue weighted by Gasteiger charge is -2.15. The highest BCUT2D eigenvalue weighted by atomic mass is 79.9. The second-order valence-corrected chi connectivity index (χ2v) is 6.31. The van der Waals surface area contributed by atoms with E-state index in [0.29, 0.717) is 29.4 Å². The molecule has 0 atom stereocenters. The molecule has 0 aliphatic carbocycles. The topological polar surface area (TPSA) is 86.3 Å². The van der Waals surface area contributed by atoms with Gasteiger partial charge < -0.3 is 14.2 Å². The molecule has 0 aliphatic heterocycles. The Morgan fingerprint density at radius 1 is 1.15 bits per heavy atom. The van der Waals surface area contributed by atoms with Crippen molar-refractivity contribution >= 4 is 21.9 Å². The van der Waals surface area contributed by atoms with Crippen LogP contribution in [-0.4, -0.2) is 35.1 Å². The van der Waals surface area contributed by atoms with E-state index in [0.717, 1.165) is 10.0 Å². The number of ether oxygens (including phenoxy) is 3. The van der Waals surface area contributed by atoms with Gasteiger partial charge in [-0.2, -0.15) is 10.3 Å². The summed E-state index contributed by atoms with van der Waals surface area (Å²) in [6.45, 7) is 2.28. The van der Waals surface area contributed by atoms with E-state index in [1.165, 1.54) is 0 Å². The summed E-state index contributed by atoms with van der Waals surface area (Å²) in [5.74, 6) is 0.438. The number of para-hydroxylation sites is 1. The molecule has 3 rings (SSSR count). The number of H-pyrrole nitrogens is 1. The summed E-state index contributed by atoms with van der Waals surface area (Å²) in [7, 11) is 1.56. The largest absolute Gasteiger partial charge is 0.493 e. The van der Waals surface area contributed by atoms with Gasteiger partial charge in [-0.3, -0.25) is 0 Å². The van der Waals surface area contributed by atoms with Crippen LogP contribution in [0.4, 0.5) is 0 Å². The lowest BCUT2D eigenvalue weighted by atomic mass is 10.1. The van der Waals surface area contributed by atoms with E-state index >= 15 is 0 Å². The van der Waals surface area contributed by atoms with E-state index in [9.17, 15) is 4.79 Å². The first kappa shape index (κ1) is 18.9. The molecular weight excluding hydrogens is 414 g/mol. The third-order valence-electron chi connectivity index (χ3n) is 3.80. The van der Waals surface area contributed by atoms with Crippen molar-refractivity contribution in [3.63, 3.8) is 0 Å². The molecule has 0 fully saturated rings. The van der Waals surface area contributed by atoms with Crippen LogP contribution >= 0.6 is 15.9 Å². The van der Waals surface area contributed by atoms with Gasteiger partial charge in [-0.25, -0.2) is 4.79 Å². The van der Waals surface area contributed by atoms with Crippen molar-refractivity contribution in [2.75, 3.05) is 13.7 Å². The summed E-state index contributed by atoms with van der Waals surface area (Å²) in [4.78, 5) is 12.2. The van der Waals surface area contributed by atoms with E-state index in [2.05, 4.69) is 31.3 Å². The quantitative estimate of drug-likeness (QED) is 0.568. The Hall–Kier alpha value is -2.87. The Morgan fingerprint density at radius 2 is 1.96 bits per heavy atom. The summed E-state index contributed by atoms with van der Waals surface area (Å²) in [5.41, 5.74) is 1.99. The zero-order valence-electron chi connectivity index (χ0n) is 14.9. The van der Waals surface area contributed by atoms with Gasteiger partial charge in [-0.15, -0.1) is 5.10 Å². The van der Waals surface area contributed by atoms with Crippen LogP contribution in [-0.2, 0) is 11.3 Å². The number of benzene rings is 2. The third kappa shape index (κ3) is 4.11. The average molecular weight is 432 g/mol. The number of carbonyl (C=O) groups excluding carboxylic acids is 1. The lowest BCUT2D eigenvalue weighted by molar-refractivity contribution is 0.0520. The number of aromatic amines is 1. The monoisotopic (exact) mass is 431 g/mol.